The maximum atomic E-state index is 14.5. The van der Waals surface area contributed by atoms with Crippen LogP contribution in [-0.4, -0.2) is 0 Å². The highest BCUT2D eigenvalue weighted by molar-refractivity contribution is 6.03. The van der Waals surface area contributed by atoms with Crippen molar-refractivity contribution >= 4 is 22.1 Å². The lowest BCUT2D eigenvalue weighted by molar-refractivity contribution is 0.353. The van der Waals surface area contributed by atoms with E-state index in [1.807, 2.05) is 12.1 Å². The number of hydrogen-bond donors (Lipinski definition) is 1. The Morgan fingerprint density at radius 1 is 0.641 bits per heavy atom. The van der Waals surface area contributed by atoms with Crippen LogP contribution in [0.5, 0.6) is 0 Å². The van der Waals surface area contributed by atoms with Gasteiger partial charge in [-0.15, -0.1) is 0 Å². The van der Waals surface area contributed by atoms with Gasteiger partial charge in [0.25, 0.3) is 0 Å². The average molecular weight is 510 g/mol. The van der Waals surface area contributed by atoms with Crippen molar-refractivity contribution in [2.45, 2.75) is 56.8 Å². The molecule has 2 heteroatoms. The smallest absolute Gasteiger partial charge is 0.146 e. The van der Waals surface area contributed by atoms with E-state index in [0.717, 1.165) is 5.69 Å². The molecule has 0 unspecified atom stereocenters. The molecule has 5 aromatic rings. The van der Waals surface area contributed by atoms with Gasteiger partial charge in [0.05, 0.1) is 5.69 Å². The molecule has 0 bridgehead atoms. The Morgan fingerprint density at radius 2 is 1.38 bits per heavy atom. The molecule has 1 spiro atoms. The van der Waals surface area contributed by atoms with E-state index in [0.29, 0.717) is 5.69 Å². The van der Waals surface area contributed by atoms with Crippen molar-refractivity contribution in [1.82, 2.24) is 0 Å². The molecule has 3 aliphatic rings. The SMILES string of the molecule is CC1(C)c2cc3c(cc2-c2c1ccc1ccccc21)C1(CCCCC1)c1cc(Nc2ccccc2F)ccc1-3. The summed E-state index contributed by atoms with van der Waals surface area (Å²) < 4.78 is 14.5. The molecule has 192 valence electrons. The highest BCUT2D eigenvalue weighted by Crippen LogP contribution is 2.60. The van der Waals surface area contributed by atoms with E-state index in [1.54, 1.807) is 6.07 Å². The standard InChI is InChI=1S/C37H32FN/c1-36(2)29-17-14-23-10-4-5-11-25(23)35(29)28-22-32-27(21-30(28)36)26-16-15-24(39-34-13-7-6-12-33(34)38)20-31(26)37(32)18-8-3-9-19-37/h4-7,10-17,20-22,39H,3,8-9,18-19H2,1-2H3. The van der Waals surface area contributed by atoms with Gasteiger partial charge in [-0.2, -0.15) is 0 Å². The van der Waals surface area contributed by atoms with Crippen LogP contribution in [0.3, 0.4) is 0 Å². The lowest BCUT2D eigenvalue weighted by atomic mass is 9.67. The van der Waals surface area contributed by atoms with E-state index in [4.69, 9.17) is 0 Å². The fraction of sp³-hybridized carbons (Fsp3) is 0.243. The Balaban J connectivity index is 1.35. The predicted molar refractivity (Wildman–Crippen MR) is 160 cm³/mol. The van der Waals surface area contributed by atoms with Crippen LogP contribution in [-0.2, 0) is 10.8 Å². The first-order valence-corrected chi connectivity index (χ1v) is 14.4. The van der Waals surface area contributed by atoms with Gasteiger partial charge in [0.2, 0.25) is 0 Å². The molecule has 3 aliphatic carbocycles. The first-order valence-electron chi connectivity index (χ1n) is 14.4. The normalized spacial score (nSPS) is 17.5. The molecule has 1 saturated carbocycles. The summed E-state index contributed by atoms with van der Waals surface area (Å²) in [5.74, 6) is -0.224. The third-order valence-electron chi connectivity index (χ3n) is 9.90. The molecule has 1 nitrogen and oxygen atoms in total. The lowest BCUT2D eigenvalue weighted by Crippen LogP contribution is -2.28. The number of fused-ring (bicyclic) bond motifs is 10. The Labute approximate surface area is 229 Å². The Kier molecular flexibility index (Phi) is 4.75. The van der Waals surface area contributed by atoms with Crippen LogP contribution in [0.2, 0.25) is 0 Å². The summed E-state index contributed by atoms with van der Waals surface area (Å²) in [5.41, 5.74) is 12.8. The number of hydrogen-bond acceptors (Lipinski definition) is 1. The summed E-state index contributed by atoms with van der Waals surface area (Å²) in [6.07, 6.45) is 6.12. The van der Waals surface area contributed by atoms with Gasteiger partial charge in [0.15, 0.2) is 0 Å². The molecule has 1 N–H and O–H groups in total. The van der Waals surface area contributed by atoms with Crippen LogP contribution < -0.4 is 5.32 Å². The van der Waals surface area contributed by atoms with Crippen molar-refractivity contribution in [2.24, 2.45) is 0 Å². The van der Waals surface area contributed by atoms with Crippen molar-refractivity contribution in [3.05, 3.63) is 119 Å². The summed E-state index contributed by atoms with van der Waals surface area (Å²) in [7, 11) is 0. The average Bonchev–Trinajstić information content (AvgIpc) is 3.34. The van der Waals surface area contributed by atoms with Crippen molar-refractivity contribution in [2.75, 3.05) is 5.32 Å². The first-order chi connectivity index (χ1) is 19.0. The molecule has 1 fully saturated rings. The number of halogens is 1. The number of para-hydroxylation sites is 1. The van der Waals surface area contributed by atoms with Crippen LogP contribution in [0.4, 0.5) is 15.8 Å². The lowest BCUT2D eigenvalue weighted by Gasteiger charge is -2.36. The van der Waals surface area contributed by atoms with Gasteiger partial charge >= 0.3 is 0 Å². The molecule has 39 heavy (non-hydrogen) atoms. The topological polar surface area (TPSA) is 12.0 Å². The van der Waals surface area contributed by atoms with Crippen molar-refractivity contribution in [3.63, 3.8) is 0 Å². The minimum Gasteiger partial charge on any atom is -0.353 e. The zero-order valence-electron chi connectivity index (χ0n) is 22.6. The summed E-state index contributed by atoms with van der Waals surface area (Å²) >= 11 is 0. The second-order valence-electron chi connectivity index (χ2n) is 12.3. The van der Waals surface area contributed by atoms with Gasteiger partial charge < -0.3 is 5.32 Å². The molecule has 5 aromatic carbocycles. The minimum absolute atomic E-state index is 0.0162. The predicted octanol–water partition coefficient (Wildman–Crippen LogP) is 10.3. The van der Waals surface area contributed by atoms with Crippen LogP contribution >= 0.6 is 0 Å². The van der Waals surface area contributed by atoms with E-state index in [-0.39, 0.29) is 16.6 Å². The Bertz CT molecular complexity index is 1800. The zero-order valence-corrected chi connectivity index (χ0v) is 22.6. The number of nitrogens with one attached hydrogen (secondary N) is 1. The van der Waals surface area contributed by atoms with Gasteiger partial charge in [-0.3, -0.25) is 0 Å². The maximum absolute atomic E-state index is 14.5. The summed E-state index contributed by atoms with van der Waals surface area (Å²) in [5, 5.41) is 6.03. The molecule has 0 heterocycles. The molecule has 0 aliphatic heterocycles. The third kappa shape index (κ3) is 3.12. The third-order valence-corrected chi connectivity index (χ3v) is 9.90. The van der Waals surface area contributed by atoms with Crippen LogP contribution in [0.1, 0.15) is 68.2 Å². The molecule has 0 saturated heterocycles. The number of anilines is 2. The van der Waals surface area contributed by atoms with E-state index < -0.39 is 0 Å². The fourth-order valence-corrected chi connectivity index (χ4v) is 7.98. The fourth-order valence-electron chi connectivity index (χ4n) is 7.98. The largest absolute Gasteiger partial charge is 0.353 e. The quantitative estimate of drug-likeness (QED) is 0.250. The number of rotatable bonds is 2. The van der Waals surface area contributed by atoms with Crippen molar-refractivity contribution in [1.29, 1.82) is 0 Å². The van der Waals surface area contributed by atoms with E-state index >= 15 is 0 Å². The van der Waals surface area contributed by atoms with Gasteiger partial charge in [-0.25, -0.2) is 4.39 Å². The minimum atomic E-state index is -0.224. The number of benzene rings is 5. The summed E-state index contributed by atoms with van der Waals surface area (Å²) in [4.78, 5) is 0. The molecular formula is C37H32FN. The van der Waals surface area contributed by atoms with Crippen LogP contribution in [0.25, 0.3) is 33.0 Å². The summed E-state index contributed by atoms with van der Waals surface area (Å²) in [6, 6.07) is 32.2. The molecule has 0 aromatic heterocycles. The monoisotopic (exact) mass is 509 g/mol. The van der Waals surface area contributed by atoms with Gasteiger partial charge in [0, 0.05) is 16.5 Å². The highest BCUT2D eigenvalue weighted by atomic mass is 19.1. The van der Waals surface area contributed by atoms with Gasteiger partial charge in [-0.1, -0.05) is 87.7 Å². The Morgan fingerprint density at radius 3 is 2.23 bits per heavy atom. The van der Waals surface area contributed by atoms with Crippen LogP contribution in [0, 0.1) is 5.82 Å². The van der Waals surface area contributed by atoms with E-state index in [1.165, 1.54) is 93.5 Å². The first kappa shape index (κ1) is 23.0. The van der Waals surface area contributed by atoms with Crippen molar-refractivity contribution < 1.29 is 4.39 Å². The second kappa shape index (κ2) is 8.05. The van der Waals surface area contributed by atoms with Crippen molar-refractivity contribution in [3.8, 4) is 22.3 Å². The highest BCUT2D eigenvalue weighted by Gasteiger charge is 2.46. The zero-order chi connectivity index (χ0) is 26.4. The molecule has 0 radical (unpaired) electrons. The van der Waals surface area contributed by atoms with Crippen LogP contribution in [0.15, 0.2) is 91.0 Å². The molecule has 0 atom stereocenters. The molecule has 0 amide bonds. The molecule has 8 rings (SSSR count). The second-order valence-corrected chi connectivity index (χ2v) is 12.3. The van der Waals surface area contributed by atoms with Gasteiger partial charge in [0.1, 0.15) is 5.82 Å². The summed E-state index contributed by atoms with van der Waals surface area (Å²) in [6.45, 7) is 4.76. The van der Waals surface area contributed by atoms with E-state index in [2.05, 4.69) is 85.9 Å². The van der Waals surface area contributed by atoms with Gasteiger partial charge in [-0.05, 0) is 105 Å². The Hall–Kier alpha value is -3.91. The maximum Gasteiger partial charge on any atom is 0.146 e. The molecular weight excluding hydrogens is 477 g/mol. The van der Waals surface area contributed by atoms with E-state index in [9.17, 15) is 4.39 Å².